The lowest BCUT2D eigenvalue weighted by Gasteiger charge is -2.09. The Morgan fingerprint density at radius 1 is 1.15 bits per heavy atom. The molecule has 0 saturated carbocycles. The average Bonchev–Trinajstić information content (AvgIpc) is 2.89. The van der Waals surface area contributed by atoms with Crippen LogP contribution in [0.4, 0.5) is 0 Å². The predicted octanol–water partition coefficient (Wildman–Crippen LogP) is 2.46. The zero-order valence-corrected chi connectivity index (χ0v) is 11.6. The summed E-state index contributed by atoms with van der Waals surface area (Å²) in [6.45, 7) is 2.70. The van der Waals surface area contributed by atoms with Crippen LogP contribution in [0.1, 0.15) is 18.4 Å². The van der Waals surface area contributed by atoms with E-state index in [1.807, 2.05) is 0 Å². The fourth-order valence-corrected chi connectivity index (χ4v) is 2.76. The first-order valence-electron chi connectivity index (χ1n) is 7.26. The molecule has 3 nitrogen and oxygen atoms in total. The van der Waals surface area contributed by atoms with Crippen LogP contribution in [0.15, 0.2) is 42.5 Å². The maximum absolute atomic E-state index is 11.1. The average molecular weight is 268 g/mol. The van der Waals surface area contributed by atoms with E-state index in [9.17, 15) is 4.79 Å². The van der Waals surface area contributed by atoms with Crippen LogP contribution in [0.3, 0.4) is 0 Å². The monoisotopic (exact) mass is 268 g/mol. The van der Waals surface area contributed by atoms with Crippen molar-refractivity contribution in [3.05, 3.63) is 48.0 Å². The van der Waals surface area contributed by atoms with Crippen LogP contribution in [-0.4, -0.2) is 19.0 Å². The van der Waals surface area contributed by atoms with Crippen molar-refractivity contribution in [3.63, 3.8) is 0 Å². The number of nitrogens with one attached hydrogen (secondary N) is 2. The summed E-state index contributed by atoms with van der Waals surface area (Å²) in [7, 11) is 0. The van der Waals surface area contributed by atoms with Crippen molar-refractivity contribution < 1.29 is 4.79 Å². The lowest BCUT2D eigenvalue weighted by Crippen LogP contribution is -2.19. The quantitative estimate of drug-likeness (QED) is 0.818. The second kappa shape index (κ2) is 6.06. The number of carbonyl (C=O) groups is 1. The highest BCUT2D eigenvalue weighted by Crippen LogP contribution is 2.16. The summed E-state index contributed by atoms with van der Waals surface area (Å²) in [5.74, 6) is 0.705. The highest BCUT2D eigenvalue weighted by Gasteiger charge is 2.20. The SMILES string of the molecule is O=C1CC(CCNCc2ccc3ccccc3c2)CN1. The first kappa shape index (κ1) is 13.1. The summed E-state index contributed by atoms with van der Waals surface area (Å²) >= 11 is 0. The van der Waals surface area contributed by atoms with Crippen LogP contribution in [0.2, 0.25) is 0 Å². The van der Waals surface area contributed by atoms with Crippen molar-refractivity contribution in [1.29, 1.82) is 0 Å². The smallest absolute Gasteiger partial charge is 0.220 e. The van der Waals surface area contributed by atoms with E-state index in [2.05, 4.69) is 53.1 Å². The molecule has 1 saturated heterocycles. The van der Waals surface area contributed by atoms with Crippen LogP contribution < -0.4 is 10.6 Å². The Labute approximate surface area is 119 Å². The van der Waals surface area contributed by atoms with Gasteiger partial charge in [0.15, 0.2) is 0 Å². The van der Waals surface area contributed by atoms with E-state index in [-0.39, 0.29) is 5.91 Å². The molecule has 1 atom stereocenters. The Kier molecular flexibility index (Phi) is 3.97. The number of hydrogen-bond donors (Lipinski definition) is 2. The van der Waals surface area contributed by atoms with Gasteiger partial charge >= 0.3 is 0 Å². The third-order valence-electron chi connectivity index (χ3n) is 3.93. The Morgan fingerprint density at radius 2 is 2.00 bits per heavy atom. The topological polar surface area (TPSA) is 41.1 Å². The maximum atomic E-state index is 11.1. The molecule has 3 heteroatoms. The van der Waals surface area contributed by atoms with E-state index in [4.69, 9.17) is 0 Å². The molecule has 2 N–H and O–H groups in total. The maximum Gasteiger partial charge on any atom is 0.220 e. The first-order chi connectivity index (χ1) is 9.81. The highest BCUT2D eigenvalue weighted by molar-refractivity contribution is 5.83. The van der Waals surface area contributed by atoms with Crippen molar-refractivity contribution in [2.75, 3.05) is 13.1 Å². The van der Waals surface area contributed by atoms with Crippen molar-refractivity contribution in [1.82, 2.24) is 10.6 Å². The minimum atomic E-state index is 0.199. The Hall–Kier alpha value is -1.87. The molecule has 104 valence electrons. The first-order valence-corrected chi connectivity index (χ1v) is 7.26. The van der Waals surface area contributed by atoms with Gasteiger partial charge < -0.3 is 10.6 Å². The zero-order chi connectivity index (χ0) is 13.8. The number of carbonyl (C=O) groups excluding carboxylic acids is 1. The lowest BCUT2D eigenvalue weighted by atomic mass is 10.0. The predicted molar refractivity (Wildman–Crippen MR) is 81.4 cm³/mol. The third-order valence-corrected chi connectivity index (χ3v) is 3.93. The van der Waals surface area contributed by atoms with Crippen molar-refractivity contribution in [2.24, 2.45) is 5.92 Å². The fraction of sp³-hybridized carbons (Fsp3) is 0.353. The van der Waals surface area contributed by atoms with E-state index in [1.165, 1.54) is 16.3 Å². The van der Waals surface area contributed by atoms with Crippen LogP contribution in [0.25, 0.3) is 10.8 Å². The molecule has 0 bridgehead atoms. The van der Waals surface area contributed by atoms with Gasteiger partial charge in [-0.2, -0.15) is 0 Å². The number of hydrogen-bond acceptors (Lipinski definition) is 2. The van der Waals surface area contributed by atoms with Gasteiger partial charge in [0.1, 0.15) is 0 Å². The number of amides is 1. The molecule has 1 heterocycles. The third kappa shape index (κ3) is 3.17. The number of benzene rings is 2. The van der Waals surface area contributed by atoms with Crippen molar-refractivity contribution in [2.45, 2.75) is 19.4 Å². The minimum absolute atomic E-state index is 0.199. The molecule has 1 aliphatic rings. The molecule has 0 aliphatic carbocycles. The summed E-state index contributed by atoms with van der Waals surface area (Å²) in [4.78, 5) is 11.1. The van der Waals surface area contributed by atoms with E-state index in [0.29, 0.717) is 12.3 Å². The molecule has 1 unspecified atom stereocenters. The molecule has 0 aromatic heterocycles. The normalized spacial score (nSPS) is 18.4. The van der Waals surface area contributed by atoms with Gasteiger partial charge in [0.05, 0.1) is 0 Å². The molecule has 2 aromatic carbocycles. The van der Waals surface area contributed by atoms with Gasteiger partial charge in [-0.15, -0.1) is 0 Å². The van der Waals surface area contributed by atoms with E-state index < -0.39 is 0 Å². The van der Waals surface area contributed by atoms with Crippen molar-refractivity contribution in [3.8, 4) is 0 Å². The second-order valence-electron chi connectivity index (χ2n) is 5.52. The summed E-state index contributed by atoms with van der Waals surface area (Å²) in [6.07, 6.45) is 1.75. The van der Waals surface area contributed by atoms with Crippen LogP contribution in [0, 0.1) is 5.92 Å². The Bertz CT molecular complexity index is 609. The molecule has 1 aliphatic heterocycles. The molecule has 1 fully saturated rings. The molecule has 3 rings (SSSR count). The second-order valence-corrected chi connectivity index (χ2v) is 5.52. The molecule has 0 spiro atoms. The van der Waals surface area contributed by atoms with Crippen LogP contribution in [0.5, 0.6) is 0 Å². The van der Waals surface area contributed by atoms with Crippen LogP contribution >= 0.6 is 0 Å². The summed E-state index contributed by atoms with van der Waals surface area (Å²) in [5, 5.41) is 8.92. The van der Waals surface area contributed by atoms with Crippen molar-refractivity contribution >= 4 is 16.7 Å². The summed E-state index contributed by atoms with van der Waals surface area (Å²) < 4.78 is 0. The standard InChI is InChI=1S/C17H20N2O/c20-17-10-14(12-19-17)7-8-18-11-13-5-6-15-3-1-2-4-16(15)9-13/h1-6,9,14,18H,7-8,10-12H2,(H,19,20). The molecule has 1 amide bonds. The Balaban J connectivity index is 1.48. The molecular formula is C17H20N2O. The van der Waals surface area contributed by atoms with Gasteiger partial charge in [-0.25, -0.2) is 0 Å². The lowest BCUT2D eigenvalue weighted by molar-refractivity contribution is -0.119. The number of fused-ring (bicyclic) bond motifs is 1. The summed E-state index contributed by atoms with van der Waals surface area (Å²) in [5.41, 5.74) is 1.31. The van der Waals surface area contributed by atoms with E-state index in [1.54, 1.807) is 0 Å². The van der Waals surface area contributed by atoms with E-state index in [0.717, 1.165) is 26.1 Å². The minimum Gasteiger partial charge on any atom is -0.356 e. The molecule has 0 radical (unpaired) electrons. The van der Waals surface area contributed by atoms with Gasteiger partial charge in [0, 0.05) is 19.5 Å². The van der Waals surface area contributed by atoms with Gasteiger partial charge in [-0.05, 0) is 41.3 Å². The van der Waals surface area contributed by atoms with Gasteiger partial charge in [0.25, 0.3) is 0 Å². The Morgan fingerprint density at radius 3 is 2.80 bits per heavy atom. The zero-order valence-electron chi connectivity index (χ0n) is 11.6. The summed E-state index contributed by atoms with van der Waals surface area (Å²) in [6, 6.07) is 15.0. The number of rotatable bonds is 5. The molecule has 2 aromatic rings. The molecule has 20 heavy (non-hydrogen) atoms. The highest BCUT2D eigenvalue weighted by atomic mass is 16.1. The van der Waals surface area contributed by atoms with Gasteiger partial charge in [-0.3, -0.25) is 4.79 Å². The van der Waals surface area contributed by atoms with E-state index >= 15 is 0 Å². The largest absolute Gasteiger partial charge is 0.356 e. The van der Waals surface area contributed by atoms with Crippen LogP contribution in [-0.2, 0) is 11.3 Å². The molecular weight excluding hydrogens is 248 g/mol. The van der Waals surface area contributed by atoms with Gasteiger partial charge in [-0.1, -0.05) is 36.4 Å². The fourth-order valence-electron chi connectivity index (χ4n) is 2.76. The van der Waals surface area contributed by atoms with Gasteiger partial charge in [0.2, 0.25) is 5.91 Å².